The molecule has 0 saturated carbocycles. The number of pyridine rings is 1. The number of hydrogen-bond donors (Lipinski definition) is 2. The number of rotatable bonds is 9. The molecule has 1 aromatic heterocycles. The molecule has 0 amide bonds. The number of benzene rings is 3. The van der Waals surface area contributed by atoms with E-state index in [1.807, 2.05) is 18.3 Å². The van der Waals surface area contributed by atoms with Gasteiger partial charge in [-0.15, -0.1) is 0 Å². The minimum Gasteiger partial charge on any atom is -0.454 e. The molecule has 32 heavy (non-hydrogen) atoms. The van der Waals surface area contributed by atoms with Gasteiger partial charge in [-0.1, -0.05) is 54.6 Å². The van der Waals surface area contributed by atoms with E-state index in [-0.39, 0.29) is 0 Å². The van der Waals surface area contributed by atoms with Gasteiger partial charge in [0, 0.05) is 35.9 Å². The molecule has 0 unspecified atom stereocenters. The van der Waals surface area contributed by atoms with E-state index in [0.29, 0.717) is 6.79 Å². The van der Waals surface area contributed by atoms with Gasteiger partial charge in [-0.05, 0) is 48.7 Å². The third-order valence-electron chi connectivity index (χ3n) is 5.70. The lowest BCUT2D eigenvalue weighted by Gasteiger charge is -2.11. The van der Waals surface area contributed by atoms with Crippen LogP contribution in [0.2, 0.25) is 0 Å². The van der Waals surface area contributed by atoms with Gasteiger partial charge < -0.3 is 20.1 Å². The molecule has 5 heteroatoms. The van der Waals surface area contributed by atoms with E-state index >= 15 is 0 Å². The maximum absolute atomic E-state index is 5.57. The number of fused-ring (bicyclic) bond motifs is 2. The largest absolute Gasteiger partial charge is 0.454 e. The van der Waals surface area contributed by atoms with Crippen molar-refractivity contribution in [2.24, 2.45) is 0 Å². The van der Waals surface area contributed by atoms with Crippen LogP contribution in [0.5, 0.6) is 11.5 Å². The van der Waals surface area contributed by atoms with Crippen molar-refractivity contribution in [2.45, 2.75) is 19.4 Å². The molecule has 5 rings (SSSR count). The molecule has 0 spiro atoms. The highest BCUT2D eigenvalue weighted by Crippen LogP contribution is 2.35. The summed E-state index contributed by atoms with van der Waals surface area (Å²) >= 11 is 0. The van der Waals surface area contributed by atoms with Crippen LogP contribution in [0.3, 0.4) is 0 Å². The van der Waals surface area contributed by atoms with Gasteiger partial charge in [0.2, 0.25) is 6.79 Å². The van der Waals surface area contributed by atoms with Crippen molar-refractivity contribution in [1.29, 1.82) is 0 Å². The molecule has 0 bridgehead atoms. The highest BCUT2D eigenvalue weighted by Gasteiger charge is 2.16. The monoisotopic (exact) mass is 425 g/mol. The standard InChI is InChI=1S/C27H27N3O2/c1-2-6-20(7-3-1)16-21-10-11-23-24(12-15-30-25(23)17-21)29-14-5-13-28-18-22-8-4-9-26-27(22)32-19-31-26/h1-4,6-12,15,17,28H,5,13-14,16,18-19H2,(H,29,30). The van der Waals surface area contributed by atoms with E-state index in [0.717, 1.165) is 66.1 Å². The van der Waals surface area contributed by atoms with Crippen LogP contribution in [0.25, 0.3) is 10.9 Å². The third kappa shape index (κ3) is 4.68. The molecule has 2 N–H and O–H groups in total. The smallest absolute Gasteiger partial charge is 0.231 e. The highest BCUT2D eigenvalue weighted by molar-refractivity contribution is 5.91. The van der Waals surface area contributed by atoms with Crippen LogP contribution in [0.1, 0.15) is 23.1 Å². The Morgan fingerprint density at radius 3 is 2.72 bits per heavy atom. The number of anilines is 1. The first-order valence-electron chi connectivity index (χ1n) is 11.1. The van der Waals surface area contributed by atoms with Crippen LogP contribution in [-0.4, -0.2) is 24.9 Å². The molecule has 3 aromatic carbocycles. The molecule has 0 saturated heterocycles. The maximum atomic E-state index is 5.57. The molecule has 162 valence electrons. The number of nitrogens with one attached hydrogen (secondary N) is 2. The molecular weight excluding hydrogens is 398 g/mol. The van der Waals surface area contributed by atoms with E-state index < -0.39 is 0 Å². The van der Waals surface area contributed by atoms with Crippen LogP contribution >= 0.6 is 0 Å². The van der Waals surface area contributed by atoms with E-state index in [9.17, 15) is 0 Å². The zero-order valence-corrected chi connectivity index (χ0v) is 18.0. The van der Waals surface area contributed by atoms with Crippen LogP contribution in [0, 0.1) is 0 Å². The second-order valence-corrected chi connectivity index (χ2v) is 7.98. The Balaban J connectivity index is 1.13. The summed E-state index contributed by atoms with van der Waals surface area (Å²) in [6, 6.07) is 25.2. The van der Waals surface area contributed by atoms with Crippen molar-refractivity contribution < 1.29 is 9.47 Å². The van der Waals surface area contributed by atoms with Crippen LogP contribution in [0.4, 0.5) is 5.69 Å². The van der Waals surface area contributed by atoms with Crippen molar-refractivity contribution in [3.05, 3.63) is 95.7 Å². The summed E-state index contributed by atoms with van der Waals surface area (Å²) in [5.41, 5.74) is 5.89. The summed E-state index contributed by atoms with van der Waals surface area (Å²) in [4.78, 5) is 4.59. The number of nitrogens with zero attached hydrogens (tertiary/aromatic N) is 1. The van der Waals surface area contributed by atoms with E-state index in [1.165, 1.54) is 11.1 Å². The minimum absolute atomic E-state index is 0.309. The number of para-hydroxylation sites is 1. The fraction of sp³-hybridized carbons (Fsp3) is 0.222. The van der Waals surface area contributed by atoms with E-state index in [4.69, 9.17) is 9.47 Å². The molecule has 1 aliphatic heterocycles. The Kier molecular flexibility index (Phi) is 6.17. The quantitative estimate of drug-likeness (QED) is 0.364. The molecule has 1 aliphatic rings. The van der Waals surface area contributed by atoms with Crippen molar-refractivity contribution in [1.82, 2.24) is 10.3 Å². The van der Waals surface area contributed by atoms with Gasteiger partial charge in [0.25, 0.3) is 0 Å². The first-order valence-corrected chi connectivity index (χ1v) is 11.1. The topological polar surface area (TPSA) is 55.4 Å². The van der Waals surface area contributed by atoms with Gasteiger partial charge in [-0.2, -0.15) is 0 Å². The normalized spacial score (nSPS) is 12.2. The minimum atomic E-state index is 0.309. The molecule has 0 aliphatic carbocycles. The lowest BCUT2D eigenvalue weighted by molar-refractivity contribution is 0.173. The summed E-state index contributed by atoms with van der Waals surface area (Å²) in [5, 5.41) is 8.23. The average molecular weight is 426 g/mol. The lowest BCUT2D eigenvalue weighted by atomic mass is 10.0. The van der Waals surface area contributed by atoms with Gasteiger partial charge in [-0.25, -0.2) is 0 Å². The molecule has 4 aromatic rings. The zero-order chi connectivity index (χ0) is 21.6. The maximum Gasteiger partial charge on any atom is 0.231 e. The second kappa shape index (κ2) is 9.71. The summed E-state index contributed by atoms with van der Waals surface area (Å²) in [6.45, 7) is 2.89. The van der Waals surface area contributed by atoms with E-state index in [2.05, 4.69) is 76.3 Å². The zero-order valence-electron chi connectivity index (χ0n) is 18.0. The number of ether oxygens (including phenoxy) is 2. The Morgan fingerprint density at radius 2 is 1.78 bits per heavy atom. The van der Waals surface area contributed by atoms with Crippen LogP contribution in [-0.2, 0) is 13.0 Å². The average Bonchev–Trinajstić information content (AvgIpc) is 3.32. The first kappa shape index (κ1) is 20.3. The van der Waals surface area contributed by atoms with Crippen LogP contribution in [0.15, 0.2) is 79.0 Å². The van der Waals surface area contributed by atoms with Gasteiger partial charge in [0.1, 0.15) is 0 Å². The molecule has 2 heterocycles. The van der Waals surface area contributed by atoms with Crippen LogP contribution < -0.4 is 20.1 Å². The molecule has 5 nitrogen and oxygen atoms in total. The molecule has 0 atom stereocenters. The van der Waals surface area contributed by atoms with Gasteiger partial charge in [0.05, 0.1) is 5.52 Å². The summed E-state index contributed by atoms with van der Waals surface area (Å²) < 4.78 is 11.0. The summed E-state index contributed by atoms with van der Waals surface area (Å²) in [5.74, 6) is 1.70. The summed E-state index contributed by atoms with van der Waals surface area (Å²) in [6.07, 6.45) is 3.82. The number of aromatic nitrogens is 1. The Labute approximate surface area is 188 Å². The third-order valence-corrected chi connectivity index (χ3v) is 5.70. The lowest BCUT2D eigenvalue weighted by Crippen LogP contribution is -2.18. The SMILES string of the molecule is c1ccc(Cc2ccc3c(NCCCNCc4cccc5c4OCO5)ccnc3c2)cc1. The highest BCUT2D eigenvalue weighted by atomic mass is 16.7. The van der Waals surface area contributed by atoms with Gasteiger partial charge in [-0.3, -0.25) is 4.98 Å². The Morgan fingerprint density at radius 1 is 0.844 bits per heavy atom. The van der Waals surface area contributed by atoms with Crippen molar-refractivity contribution in [2.75, 3.05) is 25.2 Å². The van der Waals surface area contributed by atoms with E-state index in [1.54, 1.807) is 0 Å². The number of hydrogen-bond acceptors (Lipinski definition) is 5. The van der Waals surface area contributed by atoms with Crippen molar-refractivity contribution in [3.63, 3.8) is 0 Å². The fourth-order valence-electron chi connectivity index (χ4n) is 4.08. The predicted molar refractivity (Wildman–Crippen MR) is 128 cm³/mol. The summed E-state index contributed by atoms with van der Waals surface area (Å²) in [7, 11) is 0. The predicted octanol–water partition coefficient (Wildman–Crippen LogP) is 5.15. The molecule has 0 radical (unpaired) electrons. The molecular formula is C27H27N3O2. The second-order valence-electron chi connectivity index (χ2n) is 7.98. The molecule has 0 fully saturated rings. The first-order chi connectivity index (χ1) is 15.9. The fourth-order valence-corrected chi connectivity index (χ4v) is 4.08. The van der Waals surface area contributed by atoms with Crippen molar-refractivity contribution >= 4 is 16.6 Å². The van der Waals surface area contributed by atoms with Crippen molar-refractivity contribution in [3.8, 4) is 11.5 Å². The van der Waals surface area contributed by atoms with Gasteiger partial charge in [0.15, 0.2) is 11.5 Å². The Hall–Kier alpha value is -3.57. The van der Waals surface area contributed by atoms with Gasteiger partial charge >= 0.3 is 0 Å². The Bertz CT molecular complexity index is 1190.